The molecule has 18 atom stereocenters. The van der Waals surface area contributed by atoms with Crippen molar-refractivity contribution in [3.63, 3.8) is 0 Å². The van der Waals surface area contributed by atoms with Gasteiger partial charge in [0.25, 0.3) is 5.79 Å². The van der Waals surface area contributed by atoms with Crippen LogP contribution < -0.4 is 10.6 Å². The molecular formula is C73H136N2O21. The molecule has 23 heteroatoms. The fourth-order valence-electron chi connectivity index (χ4n) is 13.4. The van der Waals surface area contributed by atoms with Gasteiger partial charge in [-0.3, -0.25) is 9.59 Å². The molecule has 3 heterocycles. The van der Waals surface area contributed by atoms with Crippen molar-refractivity contribution in [3.05, 3.63) is 12.2 Å². The van der Waals surface area contributed by atoms with Crippen LogP contribution in [0.25, 0.3) is 0 Å². The Hall–Kier alpha value is -2.53. The molecule has 564 valence electrons. The Morgan fingerprint density at radius 2 is 0.969 bits per heavy atom. The minimum absolute atomic E-state index is 0.205. The van der Waals surface area contributed by atoms with Crippen molar-refractivity contribution >= 4 is 17.8 Å². The van der Waals surface area contributed by atoms with Gasteiger partial charge in [-0.25, -0.2) is 4.79 Å². The number of aliphatic hydroxyl groups is 11. The Kier molecular flexibility index (Phi) is 48.7. The standard InChI is InChI=1S/C73H136N2O21/c1-4-6-8-10-12-14-16-18-20-22-24-26-27-28-30-32-34-36-38-40-42-44-46-55(80)54(75-60(83)47-45-43-41-39-37-35-33-31-29-25-23-21-19-17-15-13-11-9-7-5-2)52-91-70-65(87)64(86)67(59(51-78)93-70)94-71-66(88)69(63(85)58(50-77)92-71)96-73(72(89)90)48-56(81)61(74-53(3)79)68(95-73)62(84)57(82)49-76/h44,46,54-59,61-71,76-78,80-82,84-88H,4-43,45,47-52H2,1-3H3,(H,74,79)(H,75,83)(H,89,90)/b46-44+. The number of amides is 2. The van der Waals surface area contributed by atoms with Gasteiger partial charge in [0.05, 0.1) is 50.7 Å². The summed E-state index contributed by atoms with van der Waals surface area (Å²) in [7, 11) is 0. The number of ether oxygens (including phenoxy) is 6. The van der Waals surface area contributed by atoms with Crippen molar-refractivity contribution in [1.29, 1.82) is 0 Å². The third-order valence-corrected chi connectivity index (χ3v) is 19.5. The quantitative estimate of drug-likeness (QED) is 0.0200. The van der Waals surface area contributed by atoms with E-state index in [0.717, 1.165) is 51.9 Å². The predicted molar refractivity (Wildman–Crippen MR) is 366 cm³/mol. The van der Waals surface area contributed by atoms with Crippen molar-refractivity contribution in [1.82, 2.24) is 10.6 Å². The average Bonchev–Trinajstić information content (AvgIpc) is 0.759. The number of carboxylic acids is 1. The number of unbranched alkanes of at least 4 members (excludes halogenated alkanes) is 39. The zero-order valence-electron chi connectivity index (χ0n) is 59.2. The summed E-state index contributed by atoms with van der Waals surface area (Å²) in [6.07, 6.45) is 25.3. The number of carbonyl (C=O) groups excluding carboxylic acids is 2. The number of rotatable bonds is 59. The molecule has 0 aromatic rings. The van der Waals surface area contributed by atoms with E-state index in [2.05, 4.69) is 24.5 Å². The molecule has 3 fully saturated rings. The molecule has 0 spiro atoms. The van der Waals surface area contributed by atoms with Crippen molar-refractivity contribution in [2.75, 3.05) is 26.4 Å². The highest BCUT2D eigenvalue weighted by atomic mass is 16.8. The van der Waals surface area contributed by atoms with Crippen LogP contribution in [0.5, 0.6) is 0 Å². The molecule has 0 aromatic carbocycles. The lowest BCUT2D eigenvalue weighted by atomic mass is 9.88. The van der Waals surface area contributed by atoms with E-state index in [1.807, 2.05) is 6.08 Å². The second-order valence-electron chi connectivity index (χ2n) is 27.9. The fourth-order valence-corrected chi connectivity index (χ4v) is 13.4. The lowest BCUT2D eigenvalue weighted by molar-refractivity contribution is -0.386. The molecule has 14 N–H and O–H groups in total. The summed E-state index contributed by atoms with van der Waals surface area (Å²) < 4.78 is 34.9. The molecule has 0 aliphatic carbocycles. The first-order chi connectivity index (χ1) is 46.4. The first kappa shape index (κ1) is 87.7. The fraction of sp³-hybridized carbons (Fsp3) is 0.932. The Labute approximate surface area is 575 Å². The number of carboxylic acid groups (broad SMARTS) is 1. The van der Waals surface area contributed by atoms with Gasteiger partial charge in [-0.05, 0) is 19.3 Å². The second-order valence-corrected chi connectivity index (χ2v) is 27.9. The van der Waals surface area contributed by atoms with Crippen LogP contribution >= 0.6 is 0 Å². The highest BCUT2D eigenvalue weighted by Crippen LogP contribution is 2.39. The third kappa shape index (κ3) is 34.4. The van der Waals surface area contributed by atoms with Crippen LogP contribution in [0.3, 0.4) is 0 Å². The second kappa shape index (κ2) is 53.3. The topological polar surface area (TPSA) is 373 Å². The number of allylic oxidation sites excluding steroid dienone is 1. The highest BCUT2D eigenvalue weighted by Gasteiger charge is 2.60. The predicted octanol–water partition coefficient (Wildman–Crippen LogP) is 8.63. The van der Waals surface area contributed by atoms with Crippen molar-refractivity contribution in [2.45, 2.75) is 407 Å². The van der Waals surface area contributed by atoms with Gasteiger partial charge in [0.15, 0.2) is 12.6 Å². The number of hydrogen-bond acceptors (Lipinski definition) is 20. The minimum Gasteiger partial charge on any atom is -0.477 e. The summed E-state index contributed by atoms with van der Waals surface area (Å²) in [4.78, 5) is 38.6. The van der Waals surface area contributed by atoms with Crippen LogP contribution in [0, 0.1) is 0 Å². The zero-order chi connectivity index (χ0) is 70.4. The summed E-state index contributed by atoms with van der Waals surface area (Å²) in [5.74, 6) is -6.13. The lowest BCUT2D eigenvalue weighted by Crippen LogP contribution is -2.70. The van der Waals surface area contributed by atoms with Crippen LogP contribution in [-0.2, 0) is 42.8 Å². The molecule has 0 radical (unpaired) electrons. The Morgan fingerprint density at radius 1 is 0.542 bits per heavy atom. The molecule has 2 amide bonds. The van der Waals surface area contributed by atoms with Crippen LogP contribution in [0.1, 0.15) is 297 Å². The normalized spacial score (nSPS) is 27.6. The molecular weight excluding hydrogens is 1240 g/mol. The van der Waals surface area contributed by atoms with Crippen LogP contribution in [0.15, 0.2) is 12.2 Å². The average molecular weight is 1380 g/mol. The molecule has 0 aromatic heterocycles. The molecule has 3 aliphatic heterocycles. The van der Waals surface area contributed by atoms with Crippen molar-refractivity contribution in [2.24, 2.45) is 0 Å². The Morgan fingerprint density at radius 3 is 1.39 bits per heavy atom. The maximum atomic E-state index is 13.5. The van der Waals surface area contributed by atoms with E-state index in [1.54, 1.807) is 6.08 Å². The molecule has 3 saturated heterocycles. The summed E-state index contributed by atoms with van der Waals surface area (Å²) >= 11 is 0. The van der Waals surface area contributed by atoms with E-state index < -0.39 is 155 Å². The maximum Gasteiger partial charge on any atom is 0.364 e. The van der Waals surface area contributed by atoms with Gasteiger partial charge >= 0.3 is 5.97 Å². The molecule has 0 bridgehead atoms. The Balaban J connectivity index is 1.56. The number of nitrogens with one attached hydrogen (secondary N) is 2. The number of carbonyl (C=O) groups is 3. The maximum absolute atomic E-state index is 13.5. The zero-order valence-corrected chi connectivity index (χ0v) is 59.2. The van der Waals surface area contributed by atoms with Gasteiger partial charge in [-0.2, -0.15) is 0 Å². The van der Waals surface area contributed by atoms with Crippen LogP contribution in [0.4, 0.5) is 0 Å². The van der Waals surface area contributed by atoms with Gasteiger partial charge in [-0.1, -0.05) is 270 Å². The largest absolute Gasteiger partial charge is 0.477 e. The number of hydrogen-bond donors (Lipinski definition) is 14. The smallest absolute Gasteiger partial charge is 0.364 e. The van der Waals surface area contributed by atoms with Gasteiger partial charge in [0.1, 0.15) is 67.1 Å². The molecule has 96 heavy (non-hydrogen) atoms. The van der Waals surface area contributed by atoms with Crippen LogP contribution in [-0.4, -0.2) is 215 Å². The van der Waals surface area contributed by atoms with Gasteiger partial charge in [0, 0.05) is 19.8 Å². The van der Waals surface area contributed by atoms with Gasteiger partial charge < -0.3 is 100 Å². The molecule has 3 rings (SSSR count). The van der Waals surface area contributed by atoms with Crippen LogP contribution in [0.2, 0.25) is 0 Å². The summed E-state index contributed by atoms with van der Waals surface area (Å²) in [5, 5.41) is 136. The third-order valence-electron chi connectivity index (χ3n) is 19.5. The molecule has 3 aliphatic rings. The Bertz CT molecular complexity index is 1980. The van der Waals surface area contributed by atoms with E-state index in [1.165, 1.54) is 205 Å². The van der Waals surface area contributed by atoms with Gasteiger partial charge in [-0.15, -0.1) is 0 Å². The monoisotopic (exact) mass is 1380 g/mol. The first-order valence-corrected chi connectivity index (χ1v) is 38.1. The highest BCUT2D eigenvalue weighted by molar-refractivity contribution is 5.77. The van der Waals surface area contributed by atoms with Crippen molar-refractivity contribution in [3.8, 4) is 0 Å². The van der Waals surface area contributed by atoms with Gasteiger partial charge in [0.2, 0.25) is 11.8 Å². The first-order valence-electron chi connectivity index (χ1n) is 38.1. The molecule has 18 unspecified atom stereocenters. The van der Waals surface area contributed by atoms with E-state index in [-0.39, 0.29) is 12.3 Å². The van der Waals surface area contributed by atoms with Crippen molar-refractivity contribution < 1.29 is 104 Å². The summed E-state index contributed by atoms with van der Waals surface area (Å²) in [5.41, 5.74) is 0. The molecule has 0 saturated carbocycles. The van der Waals surface area contributed by atoms with E-state index in [0.29, 0.717) is 12.8 Å². The SMILES string of the molecule is CCCCCCCCCCCCCCCCCCCCCC/C=C/C(O)C(COC1OC(CO)C(OC2OC(CO)C(O)C(OC3(C(=O)O)CC(O)C(NC(C)=O)C(C(O)C(O)CO)O3)C2O)C(O)C1O)NC(=O)CCCCCCCCCCCCCCCCCCCCCC. The molecule has 23 nitrogen and oxygen atoms in total. The van der Waals surface area contributed by atoms with E-state index in [4.69, 9.17) is 28.4 Å². The number of aliphatic hydroxyl groups excluding tert-OH is 11. The minimum atomic E-state index is -3.08. The number of aliphatic carboxylic acids is 1. The summed E-state index contributed by atoms with van der Waals surface area (Å²) in [6.45, 7) is 2.18. The lowest BCUT2D eigenvalue weighted by Gasteiger charge is -2.50. The van der Waals surface area contributed by atoms with E-state index in [9.17, 15) is 75.7 Å². The van der Waals surface area contributed by atoms with E-state index >= 15 is 0 Å². The summed E-state index contributed by atoms with van der Waals surface area (Å²) in [6, 6.07) is -2.61.